The summed E-state index contributed by atoms with van der Waals surface area (Å²) < 4.78 is 67.0. The van der Waals surface area contributed by atoms with Crippen LogP contribution in [-0.2, 0) is 21.0 Å². The van der Waals surface area contributed by atoms with Gasteiger partial charge in [0.2, 0.25) is 15.9 Å². The molecule has 172 valence electrons. The van der Waals surface area contributed by atoms with Crippen molar-refractivity contribution in [3.05, 3.63) is 29.8 Å². The Morgan fingerprint density at radius 2 is 1.55 bits per heavy atom. The third kappa shape index (κ3) is 4.49. The van der Waals surface area contributed by atoms with Crippen molar-refractivity contribution in [1.82, 2.24) is 9.21 Å². The predicted octanol–water partition coefficient (Wildman–Crippen LogP) is 4.29. The maximum Gasteiger partial charge on any atom is 0.417 e. The largest absolute Gasteiger partial charge is 0.417 e. The molecule has 3 fully saturated rings. The number of alkyl halides is 3. The Kier molecular flexibility index (Phi) is 6.36. The summed E-state index contributed by atoms with van der Waals surface area (Å²) in [6, 6.07) is 4.58. The predicted molar refractivity (Wildman–Crippen MR) is 110 cm³/mol. The van der Waals surface area contributed by atoms with Crippen LogP contribution in [0, 0.1) is 11.8 Å². The molecule has 3 aliphatic rings. The highest BCUT2D eigenvalue weighted by atomic mass is 32.2. The normalized spacial score (nSPS) is 26.5. The molecule has 0 unspecified atom stereocenters. The van der Waals surface area contributed by atoms with Gasteiger partial charge in [0.25, 0.3) is 0 Å². The lowest BCUT2D eigenvalue weighted by molar-refractivity contribution is -0.143. The van der Waals surface area contributed by atoms with Crippen LogP contribution in [0.1, 0.15) is 56.9 Å². The van der Waals surface area contributed by atoms with Gasteiger partial charge in [-0.1, -0.05) is 25.0 Å². The van der Waals surface area contributed by atoms with Gasteiger partial charge in [0.1, 0.15) is 0 Å². The van der Waals surface area contributed by atoms with E-state index in [0.29, 0.717) is 24.8 Å². The van der Waals surface area contributed by atoms with E-state index in [0.717, 1.165) is 42.2 Å². The first-order valence-electron chi connectivity index (χ1n) is 11.2. The van der Waals surface area contributed by atoms with E-state index in [4.69, 9.17) is 0 Å². The Balaban J connectivity index is 1.45. The molecule has 0 N–H and O–H groups in total. The monoisotopic (exact) mass is 458 g/mol. The SMILES string of the molecule is O=C(C1CCN(S(=O)(=O)c2ccccc2C(F)(F)F)CC1)N1CCC[C@@H]2CCCC[C@H]21. The van der Waals surface area contributed by atoms with Gasteiger partial charge < -0.3 is 4.90 Å². The Bertz CT molecular complexity index is 909. The molecule has 1 saturated carbocycles. The van der Waals surface area contributed by atoms with Crippen LogP contribution in [0.4, 0.5) is 13.2 Å². The second-order valence-electron chi connectivity index (χ2n) is 8.96. The van der Waals surface area contributed by atoms with E-state index in [-0.39, 0.29) is 24.9 Å². The van der Waals surface area contributed by atoms with E-state index in [2.05, 4.69) is 0 Å². The fourth-order valence-corrected chi connectivity index (χ4v) is 7.22. The van der Waals surface area contributed by atoms with Crippen molar-refractivity contribution in [3.63, 3.8) is 0 Å². The van der Waals surface area contributed by atoms with Crippen LogP contribution in [0.15, 0.2) is 29.2 Å². The molecular formula is C22H29F3N2O3S. The molecule has 9 heteroatoms. The van der Waals surface area contributed by atoms with Crippen molar-refractivity contribution in [2.24, 2.45) is 11.8 Å². The van der Waals surface area contributed by atoms with Crippen LogP contribution < -0.4 is 0 Å². The first-order chi connectivity index (χ1) is 14.7. The minimum absolute atomic E-state index is 0.0624. The van der Waals surface area contributed by atoms with Crippen LogP contribution in [0.2, 0.25) is 0 Å². The fourth-order valence-electron chi connectivity index (χ4n) is 5.54. The van der Waals surface area contributed by atoms with Gasteiger partial charge in [0.15, 0.2) is 0 Å². The molecule has 2 atom stereocenters. The summed E-state index contributed by atoms with van der Waals surface area (Å²) in [5, 5.41) is 0. The second-order valence-corrected chi connectivity index (χ2v) is 10.9. The average Bonchev–Trinajstić information content (AvgIpc) is 2.78. The summed E-state index contributed by atoms with van der Waals surface area (Å²) in [6.07, 6.45) is 2.70. The number of nitrogens with zero attached hydrogens (tertiary/aromatic N) is 2. The number of fused-ring (bicyclic) bond motifs is 1. The lowest BCUT2D eigenvalue weighted by Crippen LogP contribution is -2.53. The molecule has 5 nitrogen and oxygen atoms in total. The summed E-state index contributed by atoms with van der Waals surface area (Å²) >= 11 is 0. The summed E-state index contributed by atoms with van der Waals surface area (Å²) in [5.74, 6) is 0.417. The van der Waals surface area contributed by atoms with E-state index < -0.39 is 26.7 Å². The van der Waals surface area contributed by atoms with Gasteiger partial charge in [-0.2, -0.15) is 17.5 Å². The molecule has 0 radical (unpaired) electrons. The van der Waals surface area contributed by atoms with E-state index in [1.54, 1.807) is 0 Å². The lowest BCUT2D eigenvalue weighted by atomic mass is 9.77. The Hall–Kier alpha value is -1.61. The van der Waals surface area contributed by atoms with Gasteiger partial charge in [-0.15, -0.1) is 0 Å². The molecule has 2 heterocycles. The first kappa shape index (κ1) is 22.6. The molecule has 31 heavy (non-hydrogen) atoms. The molecule has 1 amide bonds. The molecular weight excluding hydrogens is 429 g/mol. The van der Waals surface area contributed by atoms with Crippen molar-refractivity contribution in [2.75, 3.05) is 19.6 Å². The number of carbonyl (C=O) groups excluding carboxylic acids is 1. The topological polar surface area (TPSA) is 57.7 Å². The van der Waals surface area contributed by atoms with Gasteiger partial charge in [-0.25, -0.2) is 8.42 Å². The maximum absolute atomic E-state index is 13.3. The van der Waals surface area contributed by atoms with E-state index >= 15 is 0 Å². The number of benzene rings is 1. The van der Waals surface area contributed by atoms with E-state index in [1.807, 2.05) is 4.90 Å². The number of halogens is 3. The van der Waals surface area contributed by atoms with Gasteiger partial charge in [-0.3, -0.25) is 4.79 Å². The van der Waals surface area contributed by atoms with Gasteiger partial charge in [0.05, 0.1) is 10.5 Å². The number of rotatable bonds is 3. The highest BCUT2D eigenvalue weighted by Crippen LogP contribution is 2.38. The van der Waals surface area contributed by atoms with E-state index in [9.17, 15) is 26.4 Å². The summed E-state index contributed by atoms with van der Waals surface area (Å²) in [5.41, 5.74) is -1.15. The third-order valence-corrected chi connectivity index (χ3v) is 9.10. The Morgan fingerprint density at radius 1 is 0.903 bits per heavy atom. The molecule has 0 spiro atoms. The van der Waals surface area contributed by atoms with Crippen molar-refractivity contribution in [3.8, 4) is 0 Å². The molecule has 2 aliphatic heterocycles. The Morgan fingerprint density at radius 3 is 2.26 bits per heavy atom. The zero-order valence-corrected chi connectivity index (χ0v) is 18.3. The number of hydrogen-bond acceptors (Lipinski definition) is 3. The number of likely N-dealkylation sites (tertiary alicyclic amines) is 1. The van der Waals surface area contributed by atoms with Crippen molar-refractivity contribution in [2.45, 2.75) is 68.5 Å². The number of carbonyl (C=O) groups is 1. The molecule has 1 aromatic carbocycles. The van der Waals surface area contributed by atoms with Crippen LogP contribution >= 0.6 is 0 Å². The number of piperidine rings is 2. The number of sulfonamides is 1. The minimum atomic E-state index is -4.75. The second kappa shape index (κ2) is 8.73. The van der Waals surface area contributed by atoms with Crippen molar-refractivity contribution in [1.29, 1.82) is 0 Å². The zero-order valence-electron chi connectivity index (χ0n) is 17.5. The first-order valence-corrected chi connectivity index (χ1v) is 12.6. The molecule has 0 aromatic heterocycles. The molecule has 0 bridgehead atoms. The summed E-state index contributed by atoms with van der Waals surface area (Å²) in [7, 11) is -4.28. The van der Waals surface area contributed by atoms with E-state index in [1.165, 1.54) is 31.4 Å². The average molecular weight is 459 g/mol. The third-order valence-electron chi connectivity index (χ3n) is 7.14. The van der Waals surface area contributed by atoms with Crippen LogP contribution in [0.25, 0.3) is 0 Å². The van der Waals surface area contributed by atoms with Gasteiger partial charge in [0, 0.05) is 31.6 Å². The summed E-state index contributed by atoms with van der Waals surface area (Å²) in [4.78, 5) is 14.5. The smallest absolute Gasteiger partial charge is 0.339 e. The fraction of sp³-hybridized carbons (Fsp3) is 0.682. The molecule has 2 saturated heterocycles. The highest BCUT2D eigenvalue weighted by Gasteiger charge is 2.42. The molecule has 4 rings (SSSR count). The zero-order chi connectivity index (χ0) is 22.2. The Labute approximate surface area is 181 Å². The maximum atomic E-state index is 13.3. The van der Waals surface area contributed by atoms with Crippen LogP contribution in [-0.4, -0.2) is 49.2 Å². The lowest BCUT2D eigenvalue weighted by Gasteiger charge is -2.46. The molecule has 1 aromatic rings. The number of amides is 1. The minimum Gasteiger partial charge on any atom is -0.339 e. The standard InChI is InChI=1S/C22H29F3N2O3S/c23-22(24,25)18-8-2-4-10-20(18)31(29,30)26-14-11-17(12-15-26)21(28)27-13-5-7-16-6-1-3-9-19(16)27/h2,4,8,10,16-17,19H,1,3,5-7,9,11-15H2/t16-,19+/m0/s1. The molecule has 1 aliphatic carbocycles. The van der Waals surface area contributed by atoms with Crippen molar-refractivity contribution < 1.29 is 26.4 Å². The highest BCUT2D eigenvalue weighted by molar-refractivity contribution is 7.89. The van der Waals surface area contributed by atoms with Crippen LogP contribution in [0.5, 0.6) is 0 Å². The quantitative estimate of drug-likeness (QED) is 0.679. The van der Waals surface area contributed by atoms with Crippen LogP contribution in [0.3, 0.4) is 0 Å². The van der Waals surface area contributed by atoms with Crippen molar-refractivity contribution >= 4 is 15.9 Å². The van der Waals surface area contributed by atoms with Gasteiger partial charge >= 0.3 is 6.18 Å². The number of hydrogen-bond donors (Lipinski definition) is 0. The summed E-state index contributed by atoms with van der Waals surface area (Å²) in [6.45, 7) is 0.886. The van der Waals surface area contributed by atoms with Gasteiger partial charge in [-0.05, 0) is 56.6 Å².